The van der Waals surface area contributed by atoms with Crippen LogP contribution in [0.5, 0.6) is 0 Å². The Morgan fingerprint density at radius 2 is 1.00 bits per heavy atom. The van der Waals surface area contributed by atoms with Gasteiger partial charge in [0.1, 0.15) is 0 Å². The van der Waals surface area contributed by atoms with E-state index in [2.05, 4.69) is 0 Å². The zero-order chi connectivity index (χ0) is 3.58. The number of rotatable bonds is 0. The minimum absolute atomic E-state index is 2.12. The molecule has 4 heteroatoms. The molecule has 0 atom stereocenters. The second-order valence-corrected chi connectivity index (χ2v) is 12.7. The fourth-order valence-corrected chi connectivity index (χ4v) is 0. The van der Waals surface area contributed by atoms with Gasteiger partial charge in [-0.25, -0.2) is 0 Å². The van der Waals surface area contributed by atoms with Crippen molar-refractivity contribution in [2.75, 3.05) is 0 Å². The van der Waals surface area contributed by atoms with Gasteiger partial charge in [-0.1, -0.05) is 0 Å². The van der Waals surface area contributed by atoms with Gasteiger partial charge < -0.3 is 0 Å². The SMILES string of the molecule is [Cl][Cm]([Cl])[Cl]. The van der Waals surface area contributed by atoms with Gasteiger partial charge in [0, 0.05) is 0 Å². The summed E-state index contributed by atoms with van der Waals surface area (Å²) in [6.07, 6.45) is 0. The maximum absolute atomic E-state index is 5.00. The molecule has 0 fully saturated rings. The van der Waals surface area contributed by atoms with Gasteiger partial charge in [-0.3, -0.25) is 0 Å². The van der Waals surface area contributed by atoms with Gasteiger partial charge in [-0.15, -0.1) is 0 Å². The van der Waals surface area contributed by atoms with E-state index in [0.29, 0.717) is 0 Å². The summed E-state index contributed by atoms with van der Waals surface area (Å²) < 4.78 is -2.12. The second kappa shape index (κ2) is 1.22. The summed E-state index contributed by atoms with van der Waals surface area (Å²) in [5.41, 5.74) is 0. The fourth-order valence-electron chi connectivity index (χ4n) is 0. The van der Waals surface area contributed by atoms with Crippen molar-refractivity contribution < 1.29 is 0 Å². The third-order valence-electron chi connectivity index (χ3n) is 0. The van der Waals surface area contributed by atoms with Gasteiger partial charge in [0.05, 0.1) is 0 Å². The molecule has 0 saturated carbocycles. The molecule has 0 aromatic carbocycles. The van der Waals surface area contributed by atoms with Crippen molar-refractivity contribution >= 4 is 37.2 Å². The molecule has 29 valence electrons. The molecule has 0 saturated heterocycles. The van der Waals surface area contributed by atoms with Gasteiger partial charge in [0.25, 0.3) is 0 Å². The normalized spacial score (nSPS) is 6.75. The van der Waals surface area contributed by atoms with Crippen molar-refractivity contribution in [3.63, 3.8) is 0 Å². The van der Waals surface area contributed by atoms with Crippen LogP contribution in [0.15, 0.2) is 0 Å². The van der Waals surface area contributed by atoms with Crippen LogP contribution in [0.1, 0.15) is 0 Å². The van der Waals surface area contributed by atoms with Crippen LogP contribution in [0.4, 0.5) is 0 Å². The summed E-state index contributed by atoms with van der Waals surface area (Å²) in [5.74, 6) is 0. The van der Waals surface area contributed by atoms with Crippen molar-refractivity contribution in [3.8, 4) is 0 Å². The van der Waals surface area contributed by atoms with Crippen LogP contribution in [0.2, 0.25) is 0 Å². The molecular weight excluding hydrogens is 353 g/mol. The van der Waals surface area contributed by atoms with E-state index >= 15 is 0 Å². The molecule has 0 spiro atoms. The molecule has 0 nitrogen and oxygen atoms in total. The van der Waals surface area contributed by atoms with Crippen LogP contribution in [0.3, 0.4) is 0 Å². The third kappa shape index (κ3) is 83.8. The van der Waals surface area contributed by atoms with E-state index in [1.165, 1.54) is 0 Å². The molecule has 0 rings (SSSR count). The fraction of sp³-hybridized carbons (Fsp3) is 0. The average molecular weight is 353 g/mol. The van der Waals surface area contributed by atoms with Gasteiger partial charge in [0.15, 0.2) is 0 Å². The molecule has 0 aliphatic rings. The van der Waals surface area contributed by atoms with E-state index in [9.17, 15) is 0 Å². The summed E-state index contributed by atoms with van der Waals surface area (Å²) >= 11 is 15.0. The Morgan fingerprint density at radius 1 is 1.00 bits per heavy atom. The number of halogens is 3. The summed E-state index contributed by atoms with van der Waals surface area (Å²) in [5, 5.41) is 0. The van der Waals surface area contributed by atoms with Gasteiger partial charge >= 0.3 is 37.2 Å². The Labute approximate surface area is 37.8 Å². The van der Waals surface area contributed by atoms with E-state index in [1.807, 2.05) is 0 Å². The molecule has 0 radical (unpaired) electrons. The first-order valence-electron chi connectivity index (χ1n) is 0.401. The summed E-state index contributed by atoms with van der Waals surface area (Å²) in [4.78, 5) is 0. The predicted octanol–water partition coefficient (Wildman–Crippen LogP) is 2.07. The molecular formula is Cl3Cm. The van der Waals surface area contributed by atoms with Crippen LogP contribution in [0.25, 0.3) is 0 Å². The van der Waals surface area contributed by atoms with Crippen molar-refractivity contribution in [2.45, 2.75) is 0 Å². The summed E-state index contributed by atoms with van der Waals surface area (Å²) in [6.45, 7) is 0. The number of hydrogen-bond acceptors (Lipinski definition) is 0. The van der Waals surface area contributed by atoms with E-state index in [4.69, 9.17) is 37.2 Å². The van der Waals surface area contributed by atoms with Crippen molar-refractivity contribution in [3.05, 3.63) is 0 Å². The molecule has 0 aromatic heterocycles. The molecule has 0 amide bonds. The monoisotopic (exact) mass is 348 g/mol. The van der Waals surface area contributed by atoms with E-state index < -0.39 is 0 Å². The van der Waals surface area contributed by atoms with E-state index in [0.717, 1.165) is 0 Å². The summed E-state index contributed by atoms with van der Waals surface area (Å²) in [6, 6.07) is 0. The number of hydrogen-bond donors (Lipinski definition) is 0. The third-order valence-corrected chi connectivity index (χ3v) is 0. The molecule has 0 aliphatic carbocycles. The Kier molecular flexibility index (Phi) is 1.18. The van der Waals surface area contributed by atoms with Gasteiger partial charge in [-0.2, -0.15) is 0 Å². The molecule has 0 N–H and O–H groups in total. The molecule has 0 bridgehead atoms. The molecule has 0 aliphatic heterocycles. The molecule has 0 heterocycles. The van der Waals surface area contributed by atoms with Crippen LogP contribution < -0.4 is 0 Å². The molecule has 4 heavy (non-hydrogen) atoms. The van der Waals surface area contributed by atoms with Crippen molar-refractivity contribution in [2.24, 2.45) is 0 Å². The zero-order valence-electron chi connectivity index (χ0n) is 1.49. The molecule has 0 aromatic rings. The zero-order valence-corrected chi connectivity index (χ0v) is 6.70. The maximum atomic E-state index is 5.00. The standard InChI is InChI=1S/3ClH.Cm/h3*1H;/q;;;+3/p-3. The van der Waals surface area contributed by atoms with Gasteiger partial charge in [-0.05, 0) is 0 Å². The first kappa shape index (κ1) is 3.87. The topological polar surface area (TPSA) is 0 Å². The van der Waals surface area contributed by atoms with Crippen LogP contribution in [-0.2, 0) is 0 Å². The first-order valence-corrected chi connectivity index (χ1v) is 11.2. The van der Waals surface area contributed by atoms with Crippen molar-refractivity contribution in [1.29, 1.82) is 0 Å². The summed E-state index contributed by atoms with van der Waals surface area (Å²) in [7, 11) is 0. The Hall–Kier alpha value is -0.130. The Balaban J connectivity index is 2.32. The van der Waals surface area contributed by atoms with Crippen LogP contribution in [-0.4, -0.2) is 0 Å². The minimum atomic E-state index is -2.12. The van der Waals surface area contributed by atoms with E-state index in [-0.39, 0.29) is 0 Å². The van der Waals surface area contributed by atoms with E-state index in [1.54, 1.807) is 0 Å². The van der Waals surface area contributed by atoms with Gasteiger partial charge in [0.2, 0.25) is 0 Å². The second-order valence-electron chi connectivity index (χ2n) is 0.152. The first-order chi connectivity index (χ1) is 1.73. The molecule has 0 unspecified atom stereocenters. The van der Waals surface area contributed by atoms with Crippen LogP contribution in [0, 0.1) is 0 Å². The Bertz CT molecular complexity index is 8.00. The quantitative estimate of drug-likeness (QED) is 0.626. The Morgan fingerprint density at radius 3 is 1.00 bits per heavy atom. The average Bonchev–Trinajstić information content (AvgIpc) is 0.811. The predicted molar refractivity (Wildman–Crippen MR) is 17.6 cm³/mol. The van der Waals surface area contributed by atoms with Crippen molar-refractivity contribution in [1.82, 2.24) is 0 Å². The van der Waals surface area contributed by atoms with Crippen LogP contribution >= 0.6 is 37.2 Å².